The number of benzene rings is 2. The first-order valence-corrected chi connectivity index (χ1v) is 7.69. The van der Waals surface area contributed by atoms with Gasteiger partial charge in [-0.3, -0.25) is 0 Å². The van der Waals surface area contributed by atoms with E-state index in [0.717, 1.165) is 28.2 Å². The van der Waals surface area contributed by atoms with Crippen LogP contribution >= 0.6 is 0 Å². The molecule has 4 rings (SSSR count). The van der Waals surface area contributed by atoms with Crippen LogP contribution in [0, 0.1) is 6.92 Å². The van der Waals surface area contributed by atoms with Crippen LogP contribution in [0.15, 0.2) is 72.9 Å². The van der Waals surface area contributed by atoms with Crippen molar-refractivity contribution in [2.75, 3.05) is 0 Å². The fraction of sp³-hybridized carbons (Fsp3) is 0.0526. The van der Waals surface area contributed by atoms with Crippen molar-refractivity contribution in [2.24, 2.45) is 0 Å². The second kappa shape index (κ2) is 6.04. The van der Waals surface area contributed by atoms with E-state index in [9.17, 15) is 0 Å². The number of rotatable bonds is 3. The second-order valence-corrected chi connectivity index (χ2v) is 5.47. The largest absolute Gasteiger partial charge is 0.252 e. The van der Waals surface area contributed by atoms with Crippen LogP contribution in [0.5, 0.6) is 0 Å². The van der Waals surface area contributed by atoms with Gasteiger partial charge in [0.05, 0.1) is 11.9 Å². The van der Waals surface area contributed by atoms with Crippen LogP contribution in [0.25, 0.3) is 28.5 Å². The number of hydrogen-bond acceptors (Lipinski definition) is 4. The lowest BCUT2D eigenvalue weighted by atomic mass is 10.1. The summed E-state index contributed by atoms with van der Waals surface area (Å²) >= 11 is 0. The molecule has 24 heavy (non-hydrogen) atoms. The van der Waals surface area contributed by atoms with Gasteiger partial charge in [-0.1, -0.05) is 65.9 Å². The van der Waals surface area contributed by atoms with Gasteiger partial charge in [-0.15, -0.1) is 5.10 Å². The first-order chi connectivity index (χ1) is 11.8. The SMILES string of the molecule is Cc1cc(-c2ccccc2)nc(-n2cc(-c3ccccc3)nn2)n1. The van der Waals surface area contributed by atoms with E-state index in [-0.39, 0.29) is 0 Å². The highest BCUT2D eigenvalue weighted by Gasteiger charge is 2.10. The standard InChI is InChI=1S/C19H15N5/c1-14-12-17(15-8-4-2-5-9-15)21-19(20-14)24-13-18(22-23-24)16-10-6-3-7-11-16/h2-13H,1H3. The molecule has 0 spiro atoms. The predicted octanol–water partition coefficient (Wildman–Crippen LogP) is 3.70. The van der Waals surface area contributed by atoms with E-state index in [1.165, 1.54) is 0 Å². The summed E-state index contributed by atoms with van der Waals surface area (Å²) in [6.07, 6.45) is 1.85. The quantitative estimate of drug-likeness (QED) is 0.578. The molecule has 0 aliphatic carbocycles. The van der Waals surface area contributed by atoms with Gasteiger partial charge in [0.25, 0.3) is 5.95 Å². The monoisotopic (exact) mass is 313 g/mol. The summed E-state index contributed by atoms with van der Waals surface area (Å²) in [5.41, 5.74) is 4.61. The molecular formula is C19H15N5. The first kappa shape index (κ1) is 14.3. The zero-order valence-corrected chi connectivity index (χ0v) is 13.2. The molecule has 2 aromatic carbocycles. The molecule has 5 heteroatoms. The molecule has 0 atom stereocenters. The zero-order chi connectivity index (χ0) is 16.4. The molecule has 0 aliphatic heterocycles. The molecule has 2 aromatic heterocycles. The first-order valence-electron chi connectivity index (χ1n) is 7.69. The molecular weight excluding hydrogens is 298 g/mol. The van der Waals surface area contributed by atoms with Gasteiger partial charge in [0.2, 0.25) is 0 Å². The molecule has 0 radical (unpaired) electrons. The number of hydrogen-bond donors (Lipinski definition) is 0. The fourth-order valence-electron chi connectivity index (χ4n) is 2.51. The zero-order valence-electron chi connectivity index (χ0n) is 13.2. The lowest BCUT2D eigenvalue weighted by Crippen LogP contribution is -2.04. The van der Waals surface area contributed by atoms with Gasteiger partial charge >= 0.3 is 0 Å². The minimum absolute atomic E-state index is 0.517. The van der Waals surface area contributed by atoms with Crippen LogP contribution in [0.3, 0.4) is 0 Å². The van der Waals surface area contributed by atoms with Gasteiger partial charge in [0, 0.05) is 16.8 Å². The summed E-state index contributed by atoms with van der Waals surface area (Å²) in [6, 6.07) is 21.9. The second-order valence-electron chi connectivity index (χ2n) is 5.47. The topological polar surface area (TPSA) is 56.5 Å². The highest BCUT2D eigenvalue weighted by molar-refractivity contribution is 5.60. The van der Waals surface area contributed by atoms with Gasteiger partial charge in [0.15, 0.2) is 0 Å². The average Bonchev–Trinajstić information content (AvgIpc) is 3.13. The van der Waals surface area contributed by atoms with Gasteiger partial charge in [-0.05, 0) is 13.0 Å². The van der Waals surface area contributed by atoms with Crippen LogP contribution in [0.1, 0.15) is 5.69 Å². The molecule has 0 aliphatic rings. The van der Waals surface area contributed by atoms with Crippen molar-refractivity contribution < 1.29 is 0 Å². The van der Waals surface area contributed by atoms with Crippen molar-refractivity contribution in [3.05, 3.63) is 78.6 Å². The Balaban J connectivity index is 1.75. The average molecular weight is 313 g/mol. The molecule has 0 bridgehead atoms. The van der Waals surface area contributed by atoms with Gasteiger partial charge in [-0.25, -0.2) is 9.97 Å². The maximum absolute atomic E-state index is 4.63. The van der Waals surface area contributed by atoms with E-state index in [4.69, 9.17) is 0 Å². The van der Waals surface area contributed by atoms with Crippen LogP contribution < -0.4 is 0 Å². The molecule has 0 saturated heterocycles. The van der Waals surface area contributed by atoms with Crippen molar-refractivity contribution >= 4 is 0 Å². The predicted molar refractivity (Wildman–Crippen MR) is 92.6 cm³/mol. The Morgan fingerprint density at radius 1 is 0.750 bits per heavy atom. The molecule has 4 aromatic rings. The third kappa shape index (κ3) is 2.79. The minimum Gasteiger partial charge on any atom is -0.216 e. The van der Waals surface area contributed by atoms with Gasteiger partial charge in [-0.2, -0.15) is 4.68 Å². The molecule has 5 nitrogen and oxygen atoms in total. The van der Waals surface area contributed by atoms with Crippen molar-refractivity contribution in [2.45, 2.75) is 6.92 Å². The van der Waals surface area contributed by atoms with E-state index in [1.54, 1.807) is 4.68 Å². The van der Waals surface area contributed by atoms with Crippen LogP contribution in [-0.4, -0.2) is 25.0 Å². The van der Waals surface area contributed by atoms with Crippen molar-refractivity contribution in [1.82, 2.24) is 25.0 Å². The maximum Gasteiger partial charge on any atom is 0.252 e. The van der Waals surface area contributed by atoms with E-state index in [2.05, 4.69) is 20.3 Å². The third-order valence-corrected chi connectivity index (χ3v) is 3.68. The van der Waals surface area contributed by atoms with E-state index in [0.29, 0.717) is 5.95 Å². The number of aryl methyl sites for hydroxylation is 1. The summed E-state index contributed by atoms with van der Waals surface area (Å²) in [5.74, 6) is 0.517. The van der Waals surface area contributed by atoms with Crippen molar-refractivity contribution in [3.8, 4) is 28.5 Å². The third-order valence-electron chi connectivity index (χ3n) is 3.68. The Morgan fingerprint density at radius 3 is 2.04 bits per heavy atom. The van der Waals surface area contributed by atoms with E-state index >= 15 is 0 Å². The number of nitrogens with zero attached hydrogens (tertiary/aromatic N) is 5. The highest BCUT2D eigenvalue weighted by atomic mass is 15.5. The van der Waals surface area contributed by atoms with E-state index < -0.39 is 0 Å². The summed E-state index contributed by atoms with van der Waals surface area (Å²) in [4.78, 5) is 9.12. The molecule has 0 N–H and O–H groups in total. The summed E-state index contributed by atoms with van der Waals surface area (Å²) < 4.78 is 1.61. The van der Waals surface area contributed by atoms with Gasteiger partial charge < -0.3 is 0 Å². The lowest BCUT2D eigenvalue weighted by molar-refractivity contribution is 0.752. The molecule has 0 unspecified atom stereocenters. The Hall–Kier alpha value is -3.34. The molecule has 116 valence electrons. The smallest absolute Gasteiger partial charge is 0.216 e. The minimum atomic E-state index is 0.517. The van der Waals surface area contributed by atoms with Gasteiger partial charge in [0.1, 0.15) is 5.69 Å². The Bertz CT molecular complexity index is 961. The Labute approximate surface area is 139 Å². The summed E-state index contributed by atoms with van der Waals surface area (Å²) in [7, 11) is 0. The lowest BCUT2D eigenvalue weighted by Gasteiger charge is -2.05. The van der Waals surface area contributed by atoms with Crippen LogP contribution in [0.4, 0.5) is 0 Å². The Morgan fingerprint density at radius 2 is 1.38 bits per heavy atom. The highest BCUT2D eigenvalue weighted by Crippen LogP contribution is 2.20. The maximum atomic E-state index is 4.63. The van der Waals surface area contributed by atoms with E-state index in [1.807, 2.05) is 79.9 Å². The van der Waals surface area contributed by atoms with Crippen molar-refractivity contribution in [3.63, 3.8) is 0 Å². The molecule has 0 saturated carbocycles. The van der Waals surface area contributed by atoms with Crippen molar-refractivity contribution in [1.29, 1.82) is 0 Å². The molecule has 0 fully saturated rings. The van der Waals surface area contributed by atoms with Crippen LogP contribution in [0.2, 0.25) is 0 Å². The normalized spacial score (nSPS) is 10.7. The summed E-state index contributed by atoms with van der Waals surface area (Å²) in [5, 5.41) is 8.41. The number of aromatic nitrogens is 5. The van der Waals surface area contributed by atoms with Crippen LogP contribution in [-0.2, 0) is 0 Å². The summed E-state index contributed by atoms with van der Waals surface area (Å²) in [6.45, 7) is 1.95. The Kier molecular flexibility index (Phi) is 3.59. The molecule has 2 heterocycles. The fourth-order valence-corrected chi connectivity index (χ4v) is 2.51. The molecule has 0 amide bonds.